The predicted octanol–water partition coefficient (Wildman–Crippen LogP) is 2.49. The number of nitrogens with one attached hydrogen (secondary N) is 1. The Morgan fingerprint density at radius 2 is 1.80 bits per heavy atom. The van der Waals surface area contributed by atoms with Crippen LogP contribution in [0.4, 0.5) is 10.5 Å². The summed E-state index contributed by atoms with van der Waals surface area (Å²) in [5.74, 6) is -1.99. The second-order valence-corrected chi connectivity index (χ2v) is 7.16. The van der Waals surface area contributed by atoms with Crippen molar-refractivity contribution < 1.29 is 23.9 Å². The molecule has 1 aliphatic rings. The minimum Gasteiger partial charge on any atom is -0.482 e. The summed E-state index contributed by atoms with van der Waals surface area (Å²) in [5, 5.41) is 2.34. The average molecular weight is 428 g/mol. The van der Waals surface area contributed by atoms with E-state index in [1.807, 2.05) is 19.9 Å². The summed E-state index contributed by atoms with van der Waals surface area (Å²) in [6, 6.07) is 8.94. The van der Waals surface area contributed by atoms with Crippen molar-refractivity contribution >= 4 is 47.1 Å². The van der Waals surface area contributed by atoms with Gasteiger partial charge in [-0.25, -0.2) is 9.69 Å². The number of aryl methyl sites for hydroxylation is 2. The number of barbiturate groups is 1. The van der Waals surface area contributed by atoms with Crippen LogP contribution in [0.15, 0.2) is 42.0 Å². The third-order valence-corrected chi connectivity index (χ3v) is 4.50. The zero-order valence-electron chi connectivity index (χ0n) is 16.2. The van der Waals surface area contributed by atoms with E-state index in [0.29, 0.717) is 11.3 Å². The molecule has 9 heteroatoms. The molecule has 0 bridgehead atoms. The first kappa shape index (κ1) is 21.1. The smallest absolute Gasteiger partial charge is 0.335 e. The van der Waals surface area contributed by atoms with Crippen molar-refractivity contribution in [1.29, 1.82) is 0 Å². The number of hydrogen-bond acceptors (Lipinski definition) is 5. The molecule has 5 amide bonds. The fourth-order valence-corrected chi connectivity index (χ4v) is 3.25. The lowest BCUT2D eigenvalue weighted by Gasteiger charge is -2.27. The van der Waals surface area contributed by atoms with Crippen molar-refractivity contribution in [3.63, 3.8) is 0 Å². The fourth-order valence-electron chi connectivity index (χ4n) is 3.01. The Morgan fingerprint density at radius 1 is 1.13 bits per heavy atom. The van der Waals surface area contributed by atoms with E-state index in [4.69, 9.17) is 22.1 Å². The first-order valence-electron chi connectivity index (χ1n) is 8.86. The average Bonchev–Trinajstić information content (AvgIpc) is 2.63. The number of carbonyl (C=O) groups is 4. The van der Waals surface area contributed by atoms with Gasteiger partial charge < -0.3 is 10.5 Å². The number of nitrogens with zero attached hydrogens (tertiary/aromatic N) is 1. The molecule has 1 heterocycles. The molecular weight excluding hydrogens is 410 g/mol. The van der Waals surface area contributed by atoms with Crippen molar-refractivity contribution in [2.45, 2.75) is 13.8 Å². The highest BCUT2D eigenvalue weighted by atomic mass is 35.5. The molecule has 3 rings (SSSR count). The lowest BCUT2D eigenvalue weighted by molar-refractivity contribution is -0.123. The maximum atomic E-state index is 13.0. The molecule has 1 saturated heterocycles. The summed E-state index contributed by atoms with van der Waals surface area (Å²) in [4.78, 5) is 49.4. The predicted molar refractivity (Wildman–Crippen MR) is 111 cm³/mol. The summed E-state index contributed by atoms with van der Waals surface area (Å²) in [5.41, 5.74) is 7.34. The zero-order chi connectivity index (χ0) is 22.0. The van der Waals surface area contributed by atoms with E-state index in [1.165, 1.54) is 18.2 Å². The molecule has 0 atom stereocenters. The standard InChI is InChI=1S/C21H18ClN3O5/c1-11-5-12(2)7-14(6-11)25-20(28)15(19(27)24-21(25)29)8-13-3-4-17(16(22)9-13)30-10-18(23)26/h3-9H,10H2,1-2H3,(H2,23,26)(H,24,27,29). The van der Waals surface area contributed by atoms with E-state index in [-0.39, 0.29) is 23.0 Å². The van der Waals surface area contributed by atoms with Gasteiger partial charge in [-0.2, -0.15) is 0 Å². The summed E-state index contributed by atoms with van der Waals surface area (Å²) in [6.07, 6.45) is 1.32. The van der Waals surface area contributed by atoms with Crippen LogP contribution in [-0.4, -0.2) is 30.4 Å². The van der Waals surface area contributed by atoms with Gasteiger partial charge in [0.1, 0.15) is 11.3 Å². The zero-order valence-corrected chi connectivity index (χ0v) is 16.9. The van der Waals surface area contributed by atoms with Crippen molar-refractivity contribution in [2.75, 3.05) is 11.5 Å². The third-order valence-electron chi connectivity index (χ3n) is 4.20. The van der Waals surface area contributed by atoms with E-state index in [0.717, 1.165) is 16.0 Å². The van der Waals surface area contributed by atoms with Crippen molar-refractivity contribution in [3.05, 3.63) is 63.7 Å². The van der Waals surface area contributed by atoms with Crippen LogP contribution >= 0.6 is 11.6 Å². The largest absolute Gasteiger partial charge is 0.482 e. The van der Waals surface area contributed by atoms with Crippen molar-refractivity contribution in [1.82, 2.24) is 5.32 Å². The molecule has 0 radical (unpaired) electrons. The van der Waals surface area contributed by atoms with Crippen LogP contribution in [0.3, 0.4) is 0 Å². The van der Waals surface area contributed by atoms with E-state index in [2.05, 4.69) is 5.32 Å². The van der Waals surface area contributed by atoms with Gasteiger partial charge >= 0.3 is 6.03 Å². The molecule has 1 aliphatic heterocycles. The second kappa shape index (κ2) is 8.38. The first-order valence-corrected chi connectivity index (χ1v) is 9.24. The lowest BCUT2D eigenvalue weighted by atomic mass is 10.1. The van der Waals surface area contributed by atoms with E-state index in [1.54, 1.807) is 18.2 Å². The number of benzene rings is 2. The number of nitrogens with two attached hydrogens (primary N) is 1. The molecular formula is C21H18ClN3O5. The Morgan fingerprint density at radius 3 is 2.40 bits per heavy atom. The Bertz CT molecular complexity index is 1090. The van der Waals surface area contributed by atoms with Crippen LogP contribution in [0.25, 0.3) is 6.08 Å². The number of halogens is 1. The molecule has 0 aliphatic carbocycles. The molecule has 154 valence electrons. The number of ether oxygens (including phenoxy) is 1. The normalized spacial score (nSPS) is 15.4. The summed E-state index contributed by atoms with van der Waals surface area (Å²) >= 11 is 6.13. The van der Waals surface area contributed by atoms with Gasteiger partial charge in [0, 0.05) is 0 Å². The van der Waals surface area contributed by atoms with Crippen molar-refractivity contribution in [3.8, 4) is 5.75 Å². The maximum absolute atomic E-state index is 13.0. The molecule has 30 heavy (non-hydrogen) atoms. The van der Waals surface area contributed by atoms with Gasteiger partial charge in [0.25, 0.3) is 17.7 Å². The van der Waals surface area contributed by atoms with Gasteiger partial charge in [-0.05, 0) is 60.9 Å². The number of rotatable bonds is 5. The maximum Gasteiger partial charge on any atom is 0.335 e. The molecule has 2 aromatic carbocycles. The van der Waals surface area contributed by atoms with Gasteiger partial charge in [-0.3, -0.25) is 19.7 Å². The van der Waals surface area contributed by atoms with Gasteiger partial charge in [-0.1, -0.05) is 23.7 Å². The topological polar surface area (TPSA) is 119 Å². The molecule has 0 aromatic heterocycles. The highest BCUT2D eigenvalue weighted by Gasteiger charge is 2.37. The molecule has 8 nitrogen and oxygen atoms in total. The second-order valence-electron chi connectivity index (χ2n) is 6.75. The van der Waals surface area contributed by atoms with Gasteiger partial charge in [0.15, 0.2) is 6.61 Å². The highest BCUT2D eigenvalue weighted by molar-refractivity contribution is 6.39. The quantitative estimate of drug-likeness (QED) is 0.561. The third kappa shape index (κ3) is 4.49. The van der Waals surface area contributed by atoms with Gasteiger partial charge in [0.2, 0.25) is 0 Å². The molecule has 2 aromatic rings. The van der Waals surface area contributed by atoms with Crippen LogP contribution in [-0.2, 0) is 14.4 Å². The molecule has 0 saturated carbocycles. The summed E-state index contributed by atoms with van der Waals surface area (Å²) < 4.78 is 5.17. The van der Waals surface area contributed by atoms with Crippen molar-refractivity contribution in [2.24, 2.45) is 5.73 Å². The summed E-state index contributed by atoms with van der Waals surface area (Å²) in [7, 11) is 0. The molecule has 0 spiro atoms. The number of amides is 5. The Balaban J connectivity index is 1.94. The van der Waals surface area contributed by atoms with Gasteiger partial charge in [0.05, 0.1) is 10.7 Å². The number of primary amides is 1. The first-order chi connectivity index (χ1) is 14.2. The number of anilines is 1. The van der Waals surface area contributed by atoms with E-state index in [9.17, 15) is 19.2 Å². The minimum absolute atomic E-state index is 0.163. The molecule has 1 fully saturated rings. The highest BCUT2D eigenvalue weighted by Crippen LogP contribution is 2.28. The van der Waals surface area contributed by atoms with E-state index >= 15 is 0 Å². The van der Waals surface area contributed by atoms with Gasteiger partial charge in [-0.15, -0.1) is 0 Å². The molecule has 3 N–H and O–H groups in total. The van der Waals surface area contributed by atoms with Crippen LogP contribution < -0.4 is 20.7 Å². The SMILES string of the molecule is Cc1cc(C)cc(N2C(=O)NC(=O)C(=Cc3ccc(OCC(N)=O)c(Cl)c3)C2=O)c1. The van der Waals surface area contributed by atoms with Crippen LogP contribution in [0.1, 0.15) is 16.7 Å². The summed E-state index contributed by atoms with van der Waals surface area (Å²) in [6.45, 7) is 3.34. The number of imide groups is 2. The number of carbonyl (C=O) groups excluding carboxylic acids is 4. The molecule has 0 unspecified atom stereocenters. The van der Waals surface area contributed by atoms with Crippen LogP contribution in [0.2, 0.25) is 5.02 Å². The van der Waals surface area contributed by atoms with Crippen LogP contribution in [0, 0.1) is 13.8 Å². The Kier molecular flexibility index (Phi) is 5.89. The fraction of sp³-hybridized carbons (Fsp3) is 0.143. The van der Waals surface area contributed by atoms with E-state index < -0.39 is 23.8 Å². The number of urea groups is 1. The Labute approximate surface area is 177 Å². The number of hydrogen-bond donors (Lipinski definition) is 2. The Hall–Kier alpha value is -3.65. The van der Waals surface area contributed by atoms with Crippen LogP contribution in [0.5, 0.6) is 5.75 Å². The minimum atomic E-state index is -0.819. The lowest BCUT2D eigenvalue weighted by Crippen LogP contribution is -2.54. The monoisotopic (exact) mass is 427 g/mol.